The van der Waals surface area contributed by atoms with Crippen LogP contribution in [0.2, 0.25) is 0 Å². The van der Waals surface area contributed by atoms with E-state index in [0.717, 1.165) is 29.2 Å². The van der Waals surface area contributed by atoms with Crippen molar-refractivity contribution in [3.8, 4) is 11.5 Å². The van der Waals surface area contributed by atoms with Crippen LogP contribution in [0.5, 0.6) is 11.5 Å². The van der Waals surface area contributed by atoms with Crippen LogP contribution in [0, 0.1) is 17.8 Å². The van der Waals surface area contributed by atoms with Gasteiger partial charge in [0.1, 0.15) is 0 Å². The van der Waals surface area contributed by atoms with Gasteiger partial charge >= 0.3 is 6.61 Å². The highest BCUT2D eigenvalue weighted by molar-refractivity contribution is 7.98. The molecule has 4 aliphatic carbocycles. The van der Waals surface area contributed by atoms with Crippen LogP contribution in [0.25, 0.3) is 0 Å². The average molecular weight is 422 g/mol. The molecule has 0 saturated heterocycles. The molecule has 5 nitrogen and oxygen atoms in total. The van der Waals surface area contributed by atoms with Gasteiger partial charge in [0.15, 0.2) is 11.5 Å². The van der Waals surface area contributed by atoms with Crippen molar-refractivity contribution < 1.29 is 22.7 Å². The molecule has 4 saturated carbocycles. The van der Waals surface area contributed by atoms with Gasteiger partial charge in [-0.1, -0.05) is 17.8 Å². The zero-order chi connectivity index (χ0) is 20.0. The second-order valence-electron chi connectivity index (χ2n) is 8.72. The van der Waals surface area contributed by atoms with E-state index in [1.165, 1.54) is 63.5 Å². The summed E-state index contributed by atoms with van der Waals surface area (Å²) in [6.45, 7) is -2.88. The van der Waals surface area contributed by atoms with E-state index in [4.69, 9.17) is 9.15 Å². The molecule has 0 aliphatic heterocycles. The first-order chi connectivity index (χ1) is 14.0. The lowest BCUT2D eigenvalue weighted by Crippen LogP contribution is -2.48. The molecule has 1 aromatic carbocycles. The molecule has 1 heterocycles. The monoisotopic (exact) mass is 422 g/mol. The van der Waals surface area contributed by atoms with Crippen molar-refractivity contribution in [1.29, 1.82) is 0 Å². The summed E-state index contributed by atoms with van der Waals surface area (Å²) in [6, 6.07) is 4.93. The van der Waals surface area contributed by atoms with Gasteiger partial charge in [-0.2, -0.15) is 8.78 Å². The van der Waals surface area contributed by atoms with Crippen molar-refractivity contribution in [3.05, 3.63) is 29.7 Å². The van der Waals surface area contributed by atoms with Gasteiger partial charge < -0.3 is 13.9 Å². The molecule has 0 amide bonds. The Bertz CT molecular complexity index is 853. The second-order valence-corrected chi connectivity index (χ2v) is 9.65. The number of hydrogen-bond acceptors (Lipinski definition) is 6. The van der Waals surface area contributed by atoms with Gasteiger partial charge in [-0.15, -0.1) is 10.2 Å². The fourth-order valence-electron chi connectivity index (χ4n) is 6.00. The van der Waals surface area contributed by atoms with Crippen LogP contribution in [0.1, 0.15) is 50.0 Å². The topological polar surface area (TPSA) is 57.4 Å². The molecule has 4 fully saturated rings. The average Bonchev–Trinajstić information content (AvgIpc) is 3.16. The van der Waals surface area contributed by atoms with Crippen LogP contribution in [0.3, 0.4) is 0 Å². The van der Waals surface area contributed by atoms with Gasteiger partial charge in [0.25, 0.3) is 5.22 Å². The third-order valence-electron chi connectivity index (χ3n) is 6.70. The molecule has 8 heteroatoms. The van der Waals surface area contributed by atoms with Crippen LogP contribution in [-0.4, -0.2) is 23.9 Å². The largest absolute Gasteiger partial charge is 0.493 e. The van der Waals surface area contributed by atoms with Crippen LogP contribution in [0.4, 0.5) is 8.78 Å². The van der Waals surface area contributed by atoms with Crippen molar-refractivity contribution in [2.75, 3.05) is 7.11 Å². The van der Waals surface area contributed by atoms with Gasteiger partial charge in [-0.3, -0.25) is 0 Å². The van der Waals surface area contributed by atoms with Crippen molar-refractivity contribution >= 4 is 11.8 Å². The maximum absolute atomic E-state index is 12.5. The molecule has 156 valence electrons. The summed E-state index contributed by atoms with van der Waals surface area (Å²) in [5.74, 6) is 4.18. The van der Waals surface area contributed by atoms with Crippen molar-refractivity contribution in [2.24, 2.45) is 17.8 Å². The molecule has 0 spiro atoms. The van der Waals surface area contributed by atoms with E-state index < -0.39 is 6.61 Å². The first kappa shape index (κ1) is 19.2. The fraction of sp³-hybridized carbons (Fsp3) is 0.619. The highest BCUT2D eigenvalue weighted by atomic mass is 32.2. The number of aromatic nitrogens is 2. The summed E-state index contributed by atoms with van der Waals surface area (Å²) < 4.78 is 40.7. The summed E-state index contributed by atoms with van der Waals surface area (Å²) in [4.78, 5) is 0. The number of alkyl halides is 2. The lowest BCUT2D eigenvalue weighted by Gasteiger charge is -2.55. The number of benzene rings is 1. The van der Waals surface area contributed by atoms with E-state index in [0.29, 0.717) is 11.0 Å². The third kappa shape index (κ3) is 3.71. The van der Waals surface area contributed by atoms with Crippen molar-refractivity contribution in [1.82, 2.24) is 10.2 Å². The Balaban J connectivity index is 1.27. The smallest absolute Gasteiger partial charge is 0.387 e. The molecule has 29 heavy (non-hydrogen) atoms. The summed E-state index contributed by atoms with van der Waals surface area (Å²) in [7, 11) is 1.43. The van der Waals surface area contributed by atoms with Gasteiger partial charge in [0.05, 0.1) is 7.11 Å². The molecule has 0 unspecified atom stereocenters. The zero-order valence-electron chi connectivity index (χ0n) is 16.3. The predicted octanol–water partition coefficient (Wildman–Crippen LogP) is 5.44. The lowest BCUT2D eigenvalue weighted by molar-refractivity contribution is -0.0512. The van der Waals surface area contributed by atoms with E-state index in [-0.39, 0.29) is 16.9 Å². The van der Waals surface area contributed by atoms with Crippen molar-refractivity contribution in [2.45, 2.75) is 61.5 Å². The number of thioether (sulfide) groups is 1. The van der Waals surface area contributed by atoms with E-state index in [1.54, 1.807) is 12.1 Å². The summed E-state index contributed by atoms with van der Waals surface area (Å²) in [6.07, 6.45) is 7.70. The SMILES string of the molecule is COc1cc(CSc2nnc(C34CC5CC(CC(C5)C3)C4)o2)ccc1OC(F)F. The Kier molecular flexibility index (Phi) is 4.92. The van der Waals surface area contributed by atoms with Gasteiger partial charge in [0.2, 0.25) is 5.89 Å². The summed E-state index contributed by atoms with van der Waals surface area (Å²) in [5, 5.41) is 9.27. The number of nitrogens with zero attached hydrogens (tertiary/aromatic N) is 2. The van der Waals surface area contributed by atoms with Crippen LogP contribution in [-0.2, 0) is 11.2 Å². The highest BCUT2D eigenvalue weighted by Crippen LogP contribution is 2.60. The first-order valence-electron chi connectivity index (χ1n) is 10.1. The van der Waals surface area contributed by atoms with Crippen molar-refractivity contribution in [3.63, 3.8) is 0 Å². The van der Waals surface area contributed by atoms with Crippen LogP contribution >= 0.6 is 11.8 Å². The molecule has 0 radical (unpaired) electrons. The predicted molar refractivity (Wildman–Crippen MR) is 103 cm³/mol. The standard InChI is InChI=1S/C21H24F2N2O3S/c1-26-17-7-12(2-3-16(17)27-19(22)23)11-29-20-25-24-18(28-20)21-8-13-4-14(9-21)6-15(5-13)10-21/h2-3,7,13-15,19H,4-6,8-11H2,1H3. The first-order valence-corrected chi connectivity index (χ1v) is 11.1. The summed E-state index contributed by atoms with van der Waals surface area (Å²) in [5.41, 5.74) is 1.00. The van der Waals surface area contributed by atoms with E-state index in [1.807, 2.05) is 0 Å². The zero-order valence-corrected chi connectivity index (χ0v) is 17.1. The molecule has 6 rings (SSSR count). The fourth-order valence-corrected chi connectivity index (χ4v) is 6.70. The van der Waals surface area contributed by atoms with Crippen LogP contribution in [0.15, 0.2) is 27.8 Å². The van der Waals surface area contributed by atoms with E-state index in [9.17, 15) is 8.78 Å². The Morgan fingerprint density at radius 3 is 2.41 bits per heavy atom. The van der Waals surface area contributed by atoms with Gasteiger partial charge in [0, 0.05) is 11.2 Å². The van der Waals surface area contributed by atoms with E-state index in [2.05, 4.69) is 14.9 Å². The maximum Gasteiger partial charge on any atom is 0.387 e. The number of rotatable bonds is 7. The quantitative estimate of drug-likeness (QED) is 0.554. The van der Waals surface area contributed by atoms with Crippen LogP contribution < -0.4 is 9.47 Å². The number of methoxy groups -OCH3 is 1. The van der Waals surface area contributed by atoms with Gasteiger partial charge in [-0.25, -0.2) is 0 Å². The second kappa shape index (κ2) is 7.45. The molecule has 0 atom stereocenters. The van der Waals surface area contributed by atoms with Gasteiger partial charge in [-0.05, 0) is 74.0 Å². The Morgan fingerprint density at radius 2 is 1.79 bits per heavy atom. The minimum Gasteiger partial charge on any atom is -0.493 e. The lowest BCUT2D eigenvalue weighted by atomic mass is 9.49. The number of ether oxygens (including phenoxy) is 2. The molecule has 4 aliphatic rings. The molecule has 4 bridgehead atoms. The molecule has 2 aromatic rings. The maximum atomic E-state index is 12.5. The molecular formula is C21H24F2N2O3S. The Labute approximate surface area is 172 Å². The molecule has 1 aromatic heterocycles. The summed E-state index contributed by atoms with van der Waals surface area (Å²) >= 11 is 1.45. The highest BCUT2D eigenvalue weighted by Gasteiger charge is 2.54. The molecular weight excluding hydrogens is 398 g/mol. The molecule has 0 N–H and O–H groups in total. The minimum absolute atomic E-state index is 0.0261. The normalized spacial score (nSPS) is 30.1. The minimum atomic E-state index is -2.88. The Morgan fingerprint density at radius 1 is 1.10 bits per heavy atom. The number of halogens is 2. The number of hydrogen-bond donors (Lipinski definition) is 0. The van der Waals surface area contributed by atoms with E-state index >= 15 is 0 Å². The Hall–Kier alpha value is -1.83. The third-order valence-corrected chi connectivity index (χ3v) is 7.59.